The molecule has 0 aliphatic carbocycles. The first-order valence-electron chi connectivity index (χ1n) is 3.00. The van der Waals surface area contributed by atoms with Crippen LogP contribution in [0.2, 0.25) is 10.5 Å². The molecule has 0 atom stereocenters. The van der Waals surface area contributed by atoms with E-state index in [-0.39, 0.29) is 35.8 Å². The number of hydrogen-bond donors (Lipinski definition) is 1. The van der Waals surface area contributed by atoms with Crippen LogP contribution in [0.1, 0.15) is 20.8 Å². The van der Waals surface area contributed by atoms with Gasteiger partial charge in [0, 0.05) is 0 Å². The van der Waals surface area contributed by atoms with Gasteiger partial charge >= 0.3 is 58.7 Å². The molecule has 0 unspecified atom stereocenters. The molecule has 1 nitrogen and oxygen atoms in total. The first-order valence-corrected chi connectivity index (χ1v) is 6.90. The van der Waals surface area contributed by atoms with Crippen LogP contribution in [0.5, 0.6) is 0 Å². The van der Waals surface area contributed by atoms with Crippen molar-refractivity contribution in [2.75, 3.05) is 0 Å². The molecule has 0 bridgehead atoms. The molecule has 0 aliphatic rings. The molecular weight excluding hydrogens is 233 g/mol. The van der Waals surface area contributed by atoms with Crippen molar-refractivity contribution >= 4 is 11.0 Å². The molecular formula is C6H20Cl2NSiTi. The van der Waals surface area contributed by atoms with E-state index in [1.165, 1.54) is 0 Å². The molecule has 0 heterocycles. The monoisotopic (exact) mass is 252 g/mol. The van der Waals surface area contributed by atoms with Gasteiger partial charge in [0.25, 0.3) is 0 Å². The van der Waals surface area contributed by atoms with Crippen molar-refractivity contribution in [1.82, 2.24) is 3.80 Å². The Bertz CT molecular complexity index is 75.5. The van der Waals surface area contributed by atoms with Gasteiger partial charge in [0.05, 0.1) is 0 Å². The summed E-state index contributed by atoms with van der Waals surface area (Å²) in [7, 11) is 0. The molecule has 5 heteroatoms. The maximum absolute atomic E-state index is 3.55. The molecule has 0 aromatic rings. The van der Waals surface area contributed by atoms with Gasteiger partial charge in [-0.05, 0) is 11.0 Å². The van der Waals surface area contributed by atoms with Gasteiger partial charge in [0.1, 0.15) is 0 Å². The molecule has 0 aliphatic heterocycles. The Kier molecular flexibility index (Phi) is 19.9. The van der Waals surface area contributed by atoms with Gasteiger partial charge in [-0.15, -0.1) is 0 Å². The van der Waals surface area contributed by atoms with Gasteiger partial charge in [-0.1, -0.05) is 0 Å². The third-order valence-corrected chi connectivity index (χ3v) is 2.58. The second kappa shape index (κ2) is 9.56. The molecule has 0 spiro atoms. The number of hydrogen-bond acceptors (Lipinski definition) is 1. The number of halogens is 2. The quantitative estimate of drug-likeness (QED) is 0.460. The van der Waals surface area contributed by atoms with E-state index < -0.39 is 18.1 Å². The molecule has 71 valence electrons. The fourth-order valence-corrected chi connectivity index (χ4v) is 3.09. The van der Waals surface area contributed by atoms with Crippen LogP contribution in [0.3, 0.4) is 0 Å². The zero-order chi connectivity index (χ0) is 6.78. The van der Waals surface area contributed by atoms with Crippen LogP contribution in [0.15, 0.2) is 0 Å². The SMILES string of the molecule is [CH3][Ti+2]([CH3])[NH]C(C)(C)C.[Cl-].[Cl-].[SiH4]. The Morgan fingerprint density at radius 1 is 1.00 bits per heavy atom. The van der Waals surface area contributed by atoms with Crippen LogP contribution in [0.25, 0.3) is 0 Å². The predicted octanol–water partition coefficient (Wildman–Crippen LogP) is -5.44. The first-order chi connectivity index (χ1) is 3.42. The molecule has 1 N–H and O–H groups in total. The zero-order valence-corrected chi connectivity index (χ0v) is 10.3. The second-order valence-electron chi connectivity index (χ2n) is 3.38. The minimum absolute atomic E-state index is 0. The van der Waals surface area contributed by atoms with Crippen molar-refractivity contribution in [3.05, 3.63) is 0 Å². The third-order valence-electron chi connectivity index (χ3n) is 0.625. The maximum Gasteiger partial charge on any atom is -0.0149 e. The molecule has 0 radical (unpaired) electrons. The van der Waals surface area contributed by atoms with Crippen molar-refractivity contribution < 1.29 is 42.9 Å². The zero-order valence-electron chi connectivity index (χ0n) is 7.26. The van der Waals surface area contributed by atoms with Crippen molar-refractivity contribution in [1.29, 1.82) is 0 Å². The summed E-state index contributed by atoms with van der Waals surface area (Å²) in [4.78, 5) is 0. The Hall–Kier alpha value is 1.47. The Balaban J connectivity index is -0.0000000817. The van der Waals surface area contributed by atoms with Crippen LogP contribution in [-0.4, -0.2) is 16.5 Å². The molecule has 0 aromatic heterocycles. The summed E-state index contributed by atoms with van der Waals surface area (Å²) in [6.07, 6.45) is 0. The summed E-state index contributed by atoms with van der Waals surface area (Å²) >= 11 is -0.773. The Morgan fingerprint density at radius 3 is 1.27 bits per heavy atom. The molecule has 0 rings (SSSR count). The standard InChI is InChI=1S/C4H10N.2CH3.2ClH.H4Si.Ti/c1-4(2,3)5;;;;;;/h5H,1-3H3;2*1H3;2*1H;1H4;/q-1;;;;;;+3/p-2. The first kappa shape index (κ1) is 22.9. The second-order valence-corrected chi connectivity index (χ2v) is 6.89. The van der Waals surface area contributed by atoms with Gasteiger partial charge in [-0.2, -0.15) is 0 Å². The normalized spacial score (nSPS) is 8.45. The smallest absolute Gasteiger partial charge is 0.0149 e. The van der Waals surface area contributed by atoms with Gasteiger partial charge in [0.15, 0.2) is 0 Å². The summed E-state index contributed by atoms with van der Waals surface area (Å²) < 4.78 is 3.55. The Morgan fingerprint density at radius 2 is 1.27 bits per heavy atom. The molecule has 0 fully saturated rings. The summed E-state index contributed by atoms with van der Waals surface area (Å²) in [5.41, 5.74) is 0.346. The summed E-state index contributed by atoms with van der Waals surface area (Å²) in [6.45, 7) is 6.65. The molecule has 0 saturated carbocycles. The van der Waals surface area contributed by atoms with Crippen LogP contribution >= 0.6 is 0 Å². The van der Waals surface area contributed by atoms with Crippen molar-refractivity contribution in [3.8, 4) is 0 Å². The fraction of sp³-hybridized carbons (Fsp3) is 1.00. The van der Waals surface area contributed by atoms with E-state index in [0.717, 1.165) is 0 Å². The van der Waals surface area contributed by atoms with Crippen LogP contribution in [-0.2, 0) is 18.1 Å². The molecule has 0 amide bonds. The van der Waals surface area contributed by atoms with E-state index in [0.29, 0.717) is 5.54 Å². The molecule has 0 aromatic carbocycles. The van der Waals surface area contributed by atoms with Crippen molar-refractivity contribution in [3.63, 3.8) is 0 Å². The van der Waals surface area contributed by atoms with E-state index in [9.17, 15) is 0 Å². The number of rotatable bonds is 1. The predicted molar refractivity (Wildman–Crippen MR) is 46.0 cm³/mol. The number of nitrogens with one attached hydrogen (secondary N) is 1. The summed E-state index contributed by atoms with van der Waals surface area (Å²) in [6, 6.07) is 0. The van der Waals surface area contributed by atoms with Crippen LogP contribution in [0, 0.1) is 0 Å². The van der Waals surface area contributed by atoms with E-state index >= 15 is 0 Å². The van der Waals surface area contributed by atoms with Crippen LogP contribution < -0.4 is 28.6 Å². The van der Waals surface area contributed by atoms with E-state index in [1.807, 2.05) is 0 Å². The minimum atomic E-state index is -0.773. The van der Waals surface area contributed by atoms with Crippen molar-refractivity contribution in [2.24, 2.45) is 0 Å². The van der Waals surface area contributed by atoms with Gasteiger partial charge < -0.3 is 24.8 Å². The van der Waals surface area contributed by atoms with Gasteiger partial charge in [-0.3, -0.25) is 0 Å². The maximum atomic E-state index is 3.55. The van der Waals surface area contributed by atoms with E-state index in [2.05, 4.69) is 35.0 Å². The topological polar surface area (TPSA) is 12.0 Å². The Labute approximate surface area is 94.1 Å². The largest absolute Gasteiger partial charge is 1.00 e. The average Bonchev–Trinajstić information content (AvgIpc) is 1.21. The third kappa shape index (κ3) is 24.6. The van der Waals surface area contributed by atoms with E-state index in [4.69, 9.17) is 0 Å². The minimum Gasteiger partial charge on any atom is -1.00 e. The summed E-state index contributed by atoms with van der Waals surface area (Å²) in [5.74, 6) is 0. The summed E-state index contributed by atoms with van der Waals surface area (Å²) in [5, 5.41) is 4.65. The van der Waals surface area contributed by atoms with Crippen molar-refractivity contribution in [2.45, 2.75) is 36.8 Å². The van der Waals surface area contributed by atoms with Crippen LogP contribution in [0.4, 0.5) is 0 Å². The average molecular weight is 253 g/mol. The molecule has 11 heavy (non-hydrogen) atoms. The van der Waals surface area contributed by atoms with Gasteiger partial charge in [0.2, 0.25) is 0 Å². The molecule has 0 saturated heterocycles. The van der Waals surface area contributed by atoms with E-state index in [1.54, 1.807) is 0 Å². The fourth-order valence-electron chi connectivity index (χ4n) is 0.750. The van der Waals surface area contributed by atoms with Gasteiger partial charge in [-0.25, -0.2) is 0 Å².